The topological polar surface area (TPSA) is 26.3 Å². The van der Waals surface area contributed by atoms with Gasteiger partial charge in [0.2, 0.25) is 0 Å². The van der Waals surface area contributed by atoms with E-state index in [1.165, 1.54) is 0 Å². The van der Waals surface area contributed by atoms with Crippen LogP contribution in [0.2, 0.25) is 10.0 Å². The van der Waals surface area contributed by atoms with Crippen molar-refractivity contribution in [3.63, 3.8) is 0 Å². The summed E-state index contributed by atoms with van der Waals surface area (Å²) < 4.78 is 5.32. The molecule has 0 heterocycles. The van der Waals surface area contributed by atoms with Crippen molar-refractivity contribution in [1.82, 2.24) is 0 Å². The third kappa shape index (κ3) is 2.20. The molecule has 0 fully saturated rings. The van der Waals surface area contributed by atoms with Crippen LogP contribution < -0.4 is 4.74 Å². The number of carbonyl (C=O) groups excluding carboxylic acids is 1. The highest BCUT2D eigenvalue weighted by atomic mass is 35.5. The zero-order valence-corrected chi connectivity index (χ0v) is 13.8. The van der Waals surface area contributed by atoms with Gasteiger partial charge in [0.15, 0.2) is 5.78 Å². The minimum Gasteiger partial charge on any atom is -0.495 e. The van der Waals surface area contributed by atoms with Crippen LogP contribution in [0.3, 0.4) is 0 Å². The first kappa shape index (κ1) is 14.9. The molecule has 112 valence electrons. The van der Waals surface area contributed by atoms with Crippen molar-refractivity contribution in [2.45, 2.75) is 39.0 Å². The highest BCUT2D eigenvalue weighted by Gasteiger charge is 2.45. The summed E-state index contributed by atoms with van der Waals surface area (Å²) in [7, 11) is 1.59. The number of ketones is 1. The minimum absolute atomic E-state index is 0.0460. The summed E-state index contributed by atoms with van der Waals surface area (Å²) in [5, 5.41) is 0.953. The largest absolute Gasteiger partial charge is 0.495 e. The summed E-state index contributed by atoms with van der Waals surface area (Å²) in [6.07, 6.45) is 6.39. The molecule has 1 aromatic carbocycles. The molecule has 21 heavy (non-hydrogen) atoms. The first-order valence-electron chi connectivity index (χ1n) is 7.32. The summed E-state index contributed by atoms with van der Waals surface area (Å²) in [5.41, 5.74) is 3.24. The van der Waals surface area contributed by atoms with E-state index >= 15 is 0 Å². The highest BCUT2D eigenvalue weighted by Crippen LogP contribution is 2.58. The first-order valence-corrected chi connectivity index (χ1v) is 8.08. The Kier molecular flexibility index (Phi) is 3.79. The molecule has 0 amide bonds. The Morgan fingerprint density at radius 2 is 2.10 bits per heavy atom. The number of halogens is 2. The Labute approximate surface area is 135 Å². The van der Waals surface area contributed by atoms with Crippen molar-refractivity contribution in [2.75, 3.05) is 7.11 Å². The molecule has 3 rings (SSSR count). The van der Waals surface area contributed by atoms with Crippen LogP contribution in [0.4, 0.5) is 0 Å². The predicted octanol–water partition coefficient (Wildman–Crippen LogP) is 5.09. The number of carbonyl (C=O) groups is 1. The normalized spacial score (nSPS) is 23.6. The maximum atomic E-state index is 11.9. The van der Waals surface area contributed by atoms with Crippen LogP contribution in [0, 0.1) is 5.41 Å². The van der Waals surface area contributed by atoms with Crippen molar-refractivity contribution in [3.8, 4) is 5.75 Å². The van der Waals surface area contributed by atoms with Gasteiger partial charge in [-0.15, -0.1) is 0 Å². The molecule has 0 saturated heterocycles. The van der Waals surface area contributed by atoms with Gasteiger partial charge >= 0.3 is 0 Å². The van der Waals surface area contributed by atoms with E-state index < -0.39 is 0 Å². The minimum atomic E-state index is 0.0460. The van der Waals surface area contributed by atoms with Gasteiger partial charge in [-0.3, -0.25) is 4.79 Å². The molecule has 1 atom stereocenters. The van der Waals surface area contributed by atoms with Gasteiger partial charge in [-0.1, -0.05) is 36.5 Å². The average molecular weight is 325 g/mol. The Morgan fingerprint density at radius 1 is 1.33 bits per heavy atom. The number of methoxy groups -OCH3 is 1. The van der Waals surface area contributed by atoms with Gasteiger partial charge in [0.25, 0.3) is 0 Å². The fraction of sp³-hybridized carbons (Fsp3) is 0.471. The zero-order valence-electron chi connectivity index (χ0n) is 12.3. The second-order valence-corrected chi connectivity index (χ2v) is 6.73. The molecule has 0 radical (unpaired) electrons. The fourth-order valence-electron chi connectivity index (χ4n) is 3.83. The number of benzene rings is 1. The SMILES string of the molecule is CCCC12CCC(=O)C=C1c1c(cc(OC)c(Cl)c1Cl)C2. The van der Waals surface area contributed by atoms with Gasteiger partial charge in [-0.25, -0.2) is 0 Å². The lowest BCUT2D eigenvalue weighted by Crippen LogP contribution is -2.25. The maximum Gasteiger partial charge on any atom is 0.156 e. The van der Waals surface area contributed by atoms with E-state index in [9.17, 15) is 4.79 Å². The van der Waals surface area contributed by atoms with E-state index in [4.69, 9.17) is 27.9 Å². The van der Waals surface area contributed by atoms with E-state index in [-0.39, 0.29) is 11.2 Å². The van der Waals surface area contributed by atoms with E-state index in [2.05, 4.69) is 6.92 Å². The van der Waals surface area contributed by atoms with Crippen LogP contribution in [-0.2, 0) is 11.2 Å². The second kappa shape index (κ2) is 5.33. The van der Waals surface area contributed by atoms with E-state index in [0.29, 0.717) is 22.2 Å². The number of rotatable bonds is 3. The molecule has 0 saturated carbocycles. The summed E-state index contributed by atoms with van der Waals surface area (Å²) in [5.74, 6) is 0.797. The molecule has 0 aliphatic heterocycles. The van der Waals surface area contributed by atoms with Gasteiger partial charge in [0.05, 0.1) is 12.1 Å². The summed E-state index contributed by atoms with van der Waals surface area (Å²) >= 11 is 12.8. The van der Waals surface area contributed by atoms with Crippen molar-refractivity contribution in [2.24, 2.45) is 5.41 Å². The van der Waals surface area contributed by atoms with Gasteiger partial charge < -0.3 is 4.74 Å². The van der Waals surface area contributed by atoms with Crippen molar-refractivity contribution in [1.29, 1.82) is 0 Å². The van der Waals surface area contributed by atoms with Gasteiger partial charge in [-0.05, 0) is 42.5 Å². The van der Waals surface area contributed by atoms with Crippen LogP contribution in [0.5, 0.6) is 5.75 Å². The molecule has 0 N–H and O–H groups in total. The van der Waals surface area contributed by atoms with Gasteiger partial charge in [0.1, 0.15) is 10.8 Å². The van der Waals surface area contributed by atoms with Crippen LogP contribution in [0.15, 0.2) is 12.1 Å². The monoisotopic (exact) mass is 324 g/mol. The number of fused-ring (bicyclic) bond motifs is 3. The second-order valence-electron chi connectivity index (χ2n) is 5.97. The van der Waals surface area contributed by atoms with Crippen LogP contribution in [0.25, 0.3) is 5.57 Å². The smallest absolute Gasteiger partial charge is 0.156 e. The molecule has 1 unspecified atom stereocenters. The molecule has 1 aromatic rings. The van der Waals surface area contributed by atoms with Crippen molar-refractivity contribution < 1.29 is 9.53 Å². The number of ether oxygens (including phenoxy) is 1. The lowest BCUT2D eigenvalue weighted by atomic mass is 9.70. The maximum absolute atomic E-state index is 11.9. The average Bonchev–Trinajstić information content (AvgIpc) is 2.77. The highest BCUT2D eigenvalue weighted by molar-refractivity contribution is 6.44. The predicted molar refractivity (Wildman–Crippen MR) is 86.3 cm³/mol. The Morgan fingerprint density at radius 3 is 2.76 bits per heavy atom. The zero-order chi connectivity index (χ0) is 15.2. The third-order valence-electron chi connectivity index (χ3n) is 4.73. The molecule has 0 aromatic heterocycles. The lowest BCUT2D eigenvalue weighted by molar-refractivity contribution is -0.115. The first-order chi connectivity index (χ1) is 10.0. The summed E-state index contributed by atoms with van der Waals surface area (Å²) in [4.78, 5) is 11.9. The third-order valence-corrected chi connectivity index (χ3v) is 5.58. The standard InChI is InChI=1S/C17H18Cl2O2/c1-3-5-17-6-4-11(20)8-12(17)14-10(9-17)7-13(21-2)15(18)16(14)19/h7-8H,3-6,9H2,1-2H3. The van der Waals surface area contributed by atoms with Crippen LogP contribution in [-0.4, -0.2) is 12.9 Å². The van der Waals surface area contributed by atoms with E-state index in [0.717, 1.165) is 42.4 Å². The molecule has 4 heteroatoms. The van der Waals surface area contributed by atoms with Gasteiger partial charge in [0, 0.05) is 17.4 Å². The van der Waals surface area contributed by atoms with Gasteiger partial charge in [-0.2, -0.15) is 0 Å². The van der Waals surface area contributed by atoms with Crippen molar-refractivity contribution >= 4 is 34.6 Å². The van der Waals surface area contributed by atoms with E-state index in [1.807, 2.05) is 6.07 Å². The Bertz CT molecular complexity index is 649. The lowest BCUT2D eigenvalue weighted by Gasteiger charge is -2.33. The summed E-state index contributed by atoms with van der Waals surface area (Å²) in [6, 6.07) is 1.98. The van der Waals surface area contributed by atoms with Crippen LogP contribution >= 0.6 is 23.2 Å². The molecule has 0 spiro atoms. The molecule has 2 aliphatic carbocycles. The number of allylic oxidation sites excluding steroid dienone is 2. The molecule has 0 bridgehead atoms. The fourth-order valence-corrected chi connectivity index (χ4v) is 4.37. The molecular weight excluding hydrogens is 307 g/mol. The Hall–Kier alpha value is -0.990. The number of hydrogen-bond donors (Lipinski definition) is 0. The van der Waals surface area contributed by atoms with E-state index in [1.54, 1.807) is 13.2 Å². The quantitative estimate of drug-likeness (QED) is 0.774. The summed E-state index contributed by atoms with van der Waals surface area (Å²) in [6.45, 7) is 2.18. The molecular formula is C17H18Cl2O2. The number of hydrogen-bond acceptors (Lipinski definition) is 2. The molecule has 2 aliphatic rings. The molecule has 2 nitrogen and oxygen atoms in total. The van der Waals surface area contributed by atoms with Crippen molar-refractivity contribution in [3.05, 3.63) is 33.3 Å². The van der Waals surface area contributed by atoms with Crippen LogP contribution in [0.1, 0.15) is 43.7 Å². The Balaban J connectivity index is 2.22.